The molecule has 0 aliphatic carbocycles. The molecule has 5 nitrogen and oxygen atoms in total. The Labute approximate surface area is 116 Å². The normalized spacial score (nSPS) is 10.3. The van der Waals surface area contributed by atoms with Gasteiger partial charge in [0.05, 0.1) is 11.3 Å². The van der Waals surface area contributed by atoms with Crippen LogP contribution in [-0.4, -0.2) is 15.7 Å². The quantitative estimate of drug-likeness (QED) is 0.486. The van der Waals surface area contributed by atoms with E-state index in [0.29, 0.717) is 11.3 Å². The lowest BCUT2D eigenvalue weighted by Gasteiger charge is -2.05. The van der Waals surface area contributed by atoms with Crippen LogP contribution in [0.3, 0.4) is 0 Å². The van der Waals surface area contributed by atoms with Gasteiger partial charge in [-0.2, -0.15) is 0 Å². The van der Waals surface area contributed by atoms with Crippen LogP contribution in [0.2, 0.25) is 0 Å². The Morgan fingerprint density at radius 2 is 2.00 bits per heavy atom. The van der Waals surface area contributed by atoms with E-state index >= 15 is 0 Å². The van der Waals surface area contributed by atoms with Crippen LogP contribution in [0, 0.1) is 24.0 Å². The predicted molar refractivity (Wildman–Crippen MR) is 74.8 cm³/mol. The van der Waals surface area contributed by atoms with Gasteiger partial charge in [-0.3, -0.25) is 19.9 Å². The first-order valence-electron chi connectivity index (χ1n) is 6.17. The number of carbonyl (C=O) groups is 1. The van der Waals surface area contributed by atoms with Crippen LogP contribution < -0.4 is 0 Å². The summed E-state index contributed by atoms with van der Waals surface area (Å²) in [6, 6.07) is 7.99. The molecule has 0 saturated carbocycles. The molecule has 0 bridgehead atoms. The zero-order valence-electron chi connectivity index (χ0n) is 11.3. The molecule has 0 radical (unpaired) electrons. The van der Waals surface area contributed by atoms with E-state index in [2.05, 4.69) is 4.98 Å². The fourth-order valence-corrected chi connectivity index (χ4v) is 1.89. The molecule has 0 N–H and O–H groups in total. The number of ketones is 1. The van der Waals surface area contributed by atoms with Gasteiger partial charge in [0.1, 0.15) is 0 Å². The largest absolute Gasteiger partial charge is 0.294 e. The molecule has 0 fully saturated rings. The van der Waals surface area contributed by atoms with Crippen LogP contribution in [0.1, 0.15) is 27.2 Å². The molecule has 1 heterocycles. The molecule has 0 aliphatic heterocycles. The summed E-state index contributed by atoms with van der Waals surface area (Å²) in [4.78, 5) is 26.7. The molecule has 0 aliphatic rings. The van der Waals surface area contributed by atoms with Crippen molar-refractivity contribution < 1.29 is 9.72 Å². The summed E-state index contributed by atoms with van der Waals surface area (Å²) in [5.41, 5.74) is 2.71. The number of rotatable bonds is 4. The fourth-order valence-electron chi connectivity index (χ4n) is 1.89. The second-order valence-electron chi connectivity index (χ2n) is 4.68. The van der Waals surface area contributed by atoms with E-state index in [4.69, 9.17) is 0 Å². The highest BCUT2D eigenvalue weighted by Gasteiger charge is 2.15. The molecular weight excluding hydrogens is 256 g/mol. The Morgan fingerprint density at radius 1 is 1.25 bits per heavy atom. The Morgan fingerprint density at radius 3 is 2.60 bits per heavy atom. The number of hydrogen-bond acceptors (Lipinski definition) is 4. The molecular formula is C15H14N2O3. The number of carbonyl (C=O) groups excluding carboxylic acids is 1. The fraction of sp³-hybridized carbons (Fsp3) is 0.200. The van der Waals surface area contributed by atoms with Gasteiger partial charge in [0, 0.05) is 29.6 Å². The van der Waals surface area contributed by atoms with E-state index in [9.17, 15) is 14.9 Å². The Hall–Kier alpha value is -2.56. The van der Waals surface area contributed by atoms with Gasteiger partial charge in [0.25, 0.3) is 5.69 Å². The van der Waals surface area contributed by atoms with Gasteiger partial charge < -0.3 is 0 Å². The summed E-state index contributed by atoms with van der Waals surface area (Å²) >= 11 is 0. The zero-order valence-corrected chi connectivity index (χ0v) is 11.3. The highest BCUT2D eigenvalue weighted by Crippen LogP contribution is 2.19. The van der Waals surface area contributed by atoms with Crippen molar-refractivity contribution in [2.45, 2.75) is 20.3 Å². The van der Waals surface area contributed by atoms with Crippen molar-refractivity contribution in [1.29, 1.82) is 0 Å². The number of aromatic nitrogens is 1. The zero-order chi connectivity index (χ0) is 14.7. The second-order valence-corrected chi connectivity index (χ2v) is 4.68. The molecule has 20 heavy (non-hydrogen) atoms. The third-order valence-corrected chi connectivity index (χ3v) is 3.05. The first-order valence-corrected chi connectivity index (χ1v) is 6.17. The Kier molecular flexibility index (Phi) is 3.89. The van der Waals surface area contributed by atoms with Gasteiger partial charge in [-0.15, -0.1) is 0 Å². The van der Waals surface area contributed by atoms with Crippen LogP contribution in [0.5, 0.6) is 0 Å². The monoisotopic (exact) mass is 270 g/mol. The molecule has 1 aromatic heterocycles. The van der Waals surface area contributed by atoms with Crippen LogP contribution in [-0.2, 0) is 6.42 Å². The molecule has 1 aromatic carbocycles. The lowest BCUT2D eigenvalue weighted by Crippen LogP contribution is -2.07. The highest BCUT2D eigenvalue weighted by molar-refractivity contribution is 5.99. The average molecular weight is 270 g/mol. The van der Waals surface area contributed by atoms with E-state index in [1.54, 1.807) is 25.3 Å². The molecule has 5 heteroatoms. The van der Waals surface area contributed by atoms with Crippen LogP contribution >= 0.6 is 0 Å². The molecule has 0 amide bonds. The average Bonchev–Trinajstić information content (AvgIpc) is 2.41. The molecule has 0 unspecified atom stereocenters. The van der Waals surface area contributed by atoms with Gasteiger partial charge in [0.2, 0.25) is 0 Å². The maximum Gasteiger partial charge on any atom is 0.270 e. The first-order chi connectivity index (χ1) is 9.47. The molecule has 2 aromatic rings. The van der Waals surface area contributed by atoms with Crippen LogP contribution in [0.15, 0.2) is 36.5 Å². The minimum absolute atomic E-state index is 0.0733. The van der Waals surface area contributed by atoms with Gasteiger partial charge in [-0.05, 0) is 31.0 Å². The number of nitro benzene ring substituents is 1. The Bertz CT molecular complexity index is 663. The number of hydrogen-bond donors (Lipinski definition) is 0. The smallest absolute Gasteiger partial charge is 0.270 e. The maximum absolute atomic E-state index is 12.2. The molecule has 0 spiro atoms. The van der Waals surface area contributed by atoms with Crippen molar-refractivity contribution in [3.05, 3.63) is 69.0 Å². The van der Waals surface area contributed by atoms with E-state index in [0.717, 1.165) is 11.1 Å². The van der Waals surface area contributed by atoms with Gasteiger partial charge >= 0.3 is 0 Å². The second kappa shape index (κ2) is 5.61. The van der Waals surface area contributed by atoms with Gasteiger partial charge in [-0.1, -0.05) is 12.1 Å². The number of pyridine rings is 1. The number of nitro groups is 1. The van der Waals surface area contributed by atoms with Gasteiger partial charge in [-0.25, -0.2) is 0 Å². The minimum atomic E-state index is -0.500. The topological polar surface area (TPSA) is 73.1 Å². The van der Waals surface area contributed by atoms with E-state index in [-0.39, 0.29) is 17.9 Å². The highest BCUT2D eigenvalue weighted by atomic mass is 16.6. The summed E-state index contributed by atoms with van der Waals surface area (Å²) in [6.07, 6.45) is 1.84. The molecule has 102 valence electrons. The lowest BCUT2D eigenvalue weighted by molar-refractivity contribution is -0.384. The number of non-ortho nitro benzene ring substituents is 1. The van der Waals surface area contributed by atoms with Gasteiger partial charge in [0.15, 0.2) is 5.78 Å². The Balaban J connectivity index is 2.26. The summed E-state index contributed by atoms with van der Waals surface area (Å²) in [5.74, 6) is -0.164. The maximum atomic E-state index is 12.2. The number of nitrogens with zero attached hydrogens (tertiary/aromatic N) is 2. The summed E-state index contributed by atoms with van der Waals surface area (Å²) in [5, 5.41) is 10.8. The summed E-state index contributed by atoms with van der Waals surface area (Å²) < 4.78 is 0. The van der Waals surface area contributed by atoms with Crippen molar-refractivity contribution in [2.24, 2.45) is 0 Å². The predicted octanol–water partition coefficient (Wildman–Crippen LogP) is 3.03. The van der Waals surface area contributed by atoms with Crippen molar-refractivity contribution >= 4 is 11.5 Å². The first kappa shape index (κ1) is 13.9. The van der Waals surface area contributed by atoms with E-state index in [1.807, 2.05) is 13.0 Å². The SMILES string of the molecule is Cc1ccc(CC(=O)c2cc([N+](=O)[O-])ccc2C)nc1. The number of benzene rings is 1. The van der Waals surface area contributed by atoms with Crippen molar-refractivity contribution in [3.8, 4) is 0 Å². The van der Waals surface area contributed by atoms with Crippen molar-refractivity contribution in [1.82, 2.24) is 4.98 Å². The minimum Gasteiger partial charge on any atom is -0.294 e. The lowest BCUT2D eigenvalue weighted by atomic mass is 10.0. The summed E-state index contributed by atoms with van der Waals surface area (Å²) in [7, 11) is 0. The standard InChI is InChI=1S/C15H14N2O3/c1-10-3-5-12(16-9-10)7-15(18)14-8-13(17(19)20)6-4-11(14)2/h3-6,8-9H,7H2,1-2H3. The van der Waals surface area contributed by atoms with Crippen LogP contribution in [0.25, 0.3) is 0 Å². The summed E-state index contributed by atoms with van der Waals surface area (Å²) in [6.45, 7) is 3.68. The third-order valence-electron chi connectivity index (χ3n) is 3.05. The molecule has 0 saturated heterocycles. The van der Waals surface area contributed by atoms with E-state index < -0.39 is 4.92 Å². The van der Waals surface area contributed by atoms with Crippen molar-refractivity contribution in [3.63, 3.8) is 0 Å². The number of aryl methyl sites for hydroxylation is 2. The molecule has 0 atom stereocenters. The number of Topliss-reactive ketones (excluding diaryl/α,β-unsaturated/α-hetero) is 1. The van der Waals surface area contributed by atoms with E-state index in [1.165, 1.54) is 12.1 Å². The third kappa shape index (κ3) is 3.06. The van der Waals surface area contributed by atoms with Crippen molar-refractivity contribution in [2.75, 3.05) is 0 Å². The van der Waals surface area contributed by atoms with Crippen LogP contribution in [0.4, 0.5) is 5.69 Å². The molecule has 2 rings (SSSR count).